The fourth-order valence-corrected chi connectivity index (χ4v) is 5.33. The molecular formula is C25H32ClN3O4S. The first-order valence-corrected chi connectivity index (χ1v) is 13.7. The van der Waals surface area contributed by atoms with E-state index < -0.39 is 28.5 Å². The smallest absolute Gasteiger partial charge is 0.244 e. The second-order valence-electron chi connectivity index (χ2n) is 8.84. The molecular weight excluding hydrogens is 474 g/mol. The zero-order valence-corrected chi connectivity index (χ0v) is 21.4. The third-order valence-electron chi connectivity index (χ3n) is 6.23. The number of carbonyl (C=O) groups is 2. The lowest BCUT2D eigenvalue weighted by molar-refractivity contribution is -0.139. The summed E-state index contributed by atoms with van der Waals surface area (Å²) in [6.45, 7) is 3.12. The van der Waals surface area contributed by atoms with Crippen LogP contribution in [0.5, 0.6) is 0 Å². The van der Waals surface area contributed by atoms with E-state index in [0.717, 1.165) is 41.8 Å². The molecule has 3 rings (SSSR count). The van der Waals surface area contributed by atoms with Gasteiger partial charge in [0, 0.05) is 17.6 Å². The molecule has 9 heteroatoms. The summed E-state index contributed by atoms with van der Waals surface area (Å²) in [6, 6.07) is 13.4. The third-order valence-corrected chi connectivity index (χ3v) is 7.73. The fourth-order valence-electron chi connectivity index (χ4n) is 4.22. The number of hydrogen-bond acceptors (Lipinski definition) is 4. The minimum atomic E-state index is -3.76. The maximum atomic E-state index is 13.6. The number of halogens is 1. The van der Waals surface area contributed by atoms with E-state index in [1.807, 2.05) is 6.07 Å². The van der Waals surface area contributed by atoms with Crippen molar-refractivity contribution in [3.63, 3.8) is 0 Å². The molecule has 0 spiro atoms. The molecule has 0 heterocycles. The molecule has 2 aromatic carbocycles. The SMILES string of the molecule is Cc1ccccc1N(CC(=O)N(Cc1ccccc1Cl)[C@@H](C)C(=O)NC1CCCC1)S(C)(=O)=O. The van der Waals surface area contributed by atoms with Crippen LogP contribution in [0.25, 0.3) is 0 Å². The number of para-hydroxylation sites is 1. The van der Waals surface area contributed by atoms with Crippen molar-refractivity contribution in [3.8, 4) is 0 Å². The minimum Gasteiger partial charge on any atom is -0.352 e. The van der Waals surface area contributed by atoms with Gasteiger partial charge in [-0.05, 0) is 49.9 Å². The van der Waals surface area contributed by atoms with E-state index in [4.69, 9.17) is 11.6 Å². The van der Waals surface area contributed by atoms with Gasteiger partial charge in [0.05, 0.1) is 11.9 Å². The van der Waals surface area contributed by atoms with Crippen molar-refractivity contribution in [2.75, 3.05) is 17.1 Å². The van der Waals surface area contributed by atoms with E-state index in [2.05, 4.69) is 5.32 Å². The van der Waals surface area contributed by atoms with Gasteiger partial charge in [-0.15, -0.1) is 0 Å². The normalized spacial score (nSPS) is 15.1. The number of aryl methyl sites for hydroxylation is 1. The molecule has 1 saturated carbocycles. The van der Waals surface area contributed by atoms with Crippen molar-refractivity contribution >= 4 is 39.1 Å². The minimum absolute atomic E-state index is 0.0864. The third kappa shape index (κ3) is 6.51. The van der Waals surface area contributed by atoms with Crippen LogP contribution < -0.4 is 9.62 Å². The molecule has 0 radical (unpaired) electrons. The number of hydrogen-bond donors (Lipinski definition) is 1. The molecule has 2 aromatic rings. The summed E-state index contributed by atoms with van der Waals surface area (Å²) < 4.78 is 26.4. The van der Waals surface area contributed by atoms with Crippen molar-refractivity contribution in [3.05, 3.63) is 64.7 Å². The Morgan fingerprint density at radius 1 is 1.09 bits per heavy atom. The molecule has 0 saturated heterocycles. The lowest BCUT2D eigenvalue weighted by Gasteiger charge is -2.32. The summed E-state index contributed by atoms with van der Waals surface area (Å²) in [5.41, 5.74) is 1.84. The van der Waals surface area contributed by atoms with Gasteiger partial charge in [-0.25, -0.2) is 8.42 Å². The fraction of sp³-hybridized carbons (Fsp3) is 0.440. The Morgan fingerprint density at radius 3 is 2.32 bits per heavy atom. The number of sulfonamides is 1. The summed E-state index contributed by atoms with van der Waals surface area (Å²) in [5, 5.41) is 3.52. The molecule has 1 aliphatic rings. The van der Waals surface area contributed by atoms with Crippen LogP contribution in [-0.4, -0.2) is 50.0 Å². The Bertz CT molecular complexity index is 1130. The van der Waals surface area contributed by atoms with Gasteiger partial charge in [-0.3, -0.25) is 13.9 Å². The quantitative estimate of drug-likeness (QED) is 0.560. The first-order chi connectivity index (χ1) is 16.1. The zero-order valence-electron chi connectivity index (χ0n) is 19.8. The maximum Gasteiger partial charge on any atom is 0.244 e. The monoisotopic (exact) mass is 505 g/mol. The van der Waals surface area contributed by atoms with E-state index in [-0.39, 0.29) is 18.5 Å². The predicted octanol–water partition coefficient (Wildman–Crippen LogP) is 3.89. The molecule has 1 fully saturated rings. The molecule has 7 nitrogen and oxygen atoms in total. The topological polar surface area (TPSA) is 86.8 Å². The van der Waals surface area contributed by atoms with Crippen molar-refractivity contribution in [1.82, 2.24) is 10.2 Å². The van der Waals surface area contributed by atoms with E-state index >= 15 is 0 Å². The van der Waals surface area contributed by atoms with Gasteiger partial charge in [0.2, 0.25) is 21.8 Å². The Labute approximate surface area is 207 Å². The van der Waals surface area contributed by atoms with Crippen LogP contribution in [0.2, 0.25) is 5.02 Å². The summed E-state index contributed by atoms with van der Waals surface area (Å²) in [6.07, 6.45) is 5.06. The average Bonchev–Trinajstić information content (AvgIpc) is 3.29. The van der Waals surface area contributed by atoms with Gasteiger partial charge in [0.1, 0.15) is 12.6 Å². The average molecular weight is 506 g/mol. The summed E-state index contributed by atoms with van der Waals surface area (Å²) in [5.74, 6) is -0.739. The highest BCUT2D eigenvalue weighted by atomic mass is 35.5. The van der Waals surface area contributed by atoms with Gasteiger partial charge >= 0.3 is 0 Å². The van der Waals surface area contributed by atoms with E-state index in [1.165, 1.54) is 4.90 Å². The van der Waals surface area contributed by atoms with Crippen LogP contribution in [0.15, 0.2) is 48.5 Å². The first kappa shape index (κ1) is 26.0. The van der Waals surface area contributed by atoms with E-state index in [9.17, 15) is 18.0 Å². The number of carbonyl (C=O) groups excluding carboxylic acids is 2. The van der Waals surface area contributed by atoms with Crippen LogP contribution in [0, 0.1) is 6.92 Å². The Kier molecular flexibility index (Phi) is 8.60. The van der Waals surface area contributed by atoms with Gasteiger partial charge in [0.25, 0.3) is 0 Å². The second-order valence-corrected chi connectivity index (χ2v) is 11.1. The highest BCUT2D eigenvalue weighted by molar-refractivity contribution is 7.92. The number of anilines is 1. The Morgan fingerprint density at radius 2 is 1.71 bits per heavy atom. The summed E-state index contributed by atoms with van der Waals surface area (Å²) in [4.78, 5) is 28.0. The molecule has 1 N–H and O–H groups in total. The molecule has 0 aromatic heterocycles. The molecule has 34 heavy (non-hydrogen) atoms. The van der Waals surface area contributed by atoms with Crippen molar-refractivity contribution in [2.24, 2.45) is 0 Å². The first-order valence-electron chi connectivity index (χ1n) is 11.4. The van der Waals surface area contributed by atoms with Crippen LogP contribution in [0.1, 0.15) is 43.7 Å². The zero-order chi connectivity index (χ0) is 24.9. The number of nitrogens with zero attached hydrogens (tertiary/aromatic N) is 2. The Balaban J connectivity index is 1.90. The maximum absolute atomic E-state index is 13.6. The molecule has 2 amide bonds. The van der Waals surface area contributed by atoms with E-state index in [0.29, 0.717) is 16.3 Å². The van der Waals surface area contributed by atoms with Crippen molar-refractivity contribution in [1.29, 1.82) is 0 Å². The molecule has 0 bridgehead atoms. The van der Waals surface area contributed by atoms with Gasteiger partial charge < -0.3 is 10.2 Å². The number of rotatable bonds is 9. The van der Waals surface area contributed by atoms with Crippen LogP contribution in [0.4, 0.5) is 5.69 Å². The molecule has 1 aliphatic carbocycles. The van der Waals surface area contributed by atoms with Crippen molar-refractivity contribution in [2.45, 2.75) is 58.2 Å². The van der Waals surface area contributed by atoms with E-state index in [1.54, 1.807) is 56.3 Å². The molecule has 1 atom stereocenters. The van der Waals surface area contributed by atoms with Crippen LogP contribution in [0.3, 0.4) is 0 Å². The predicted molar refractivity (Wildman–Crippen MR) is 135 cm³/mol. The molecule has 184 valence electrons. The number of amides is 2. The van der Waals surface area contributed by atoms with Crippen LogP contribution in [-0.2, 0) is 26.2 Å². The Hall–Kier alpha value is -2.58. The summed E-state index contributed by atoms with van der Waals surface area (Å²) in [7, 11) is -3.76. The lowest BCUT2D eigenvalue weighted by atomic mass is 10.1. The second kappa shape index (κ2) is 11.2. The highest BCUT2D eigenvalue weighted by Crippen LogP contribution is 2.24. The van der Waals surface area contributed by atoms with Crippen LogP contribution >= 0.6 is 11.6 Å². The molecule has 0 aliphatic heterocycles. The molecule has 0 unspecified atom stereocenters. The lowest BCUT2D eigenvalue weighted by Crippen LogP contribution is -2.52. The van der Waals surface area contributed by atoms with Crippen molar-refractivity contribution < 1.29 is 18.0 Å². The van der Waals surface area contributed by atoms with Gasteiger partial charge in [0.15, 0.2) is 0 Å². The standard InChI is InChI=1S/C25H32ClN3O4S/c1-18-10-4-9-15-23(18)29(34(3,32)33)17-24(30)28(16-20-11-5-8-14-22(20)26)19(2)25(31)27-21-12-6-7-13-21/h4-5,8-11,14-15,19,21H,6-7,12-13,16-17H2,1-3H3,(H,27,31)/t19-/m0/s1. The van der Waals surface area contributed by atoms with Gasteiger partial charge in [-0.1, -0.05) is 60.8 Å². The highest BCUT2D eigenvalue weighted by Gasteiger charge is 2.32. The number of nitrogens with one attached hydrogen (secondary N) is 1. The van der Waals surface area contributed by atoms with Gasteiger partial charge in [-0.2, -0.15) is 0 Å². The largest absolute Gasteiger partial charge is 0.352 e. The number of benzene rings is 2. The summed E-state index contributed by atoms with van der Waals surface area (Å²) >= 11 is 6.34.